The second kappa shape index (κ2) is 40.3. The van der Waals surface area contributed by atoms with E-state index in [1.807, 2.05) is 27.7 Å². The van der Waals surface area contributed by atoms with E-state index in [0.717, 1.165) is 0 Å². The van der Waals surface area contributed by atoms with Crippen molar-refractivity contribution in [2.75, 3.05) is 71.6 Å². The van der Waals surface area contributed by atoms with Gasteiger partial charge in [-0.1, -0.05) is 60.5 Å². The average molecular weight is 1700 g/mol. The van der Waals surface area contributed by atoms with Crippen molar-refractivity contribution < 1.29 is 145 Å². The predicted molar refractivity (Wildman–Crippen MR) is 401 cm³/mol. The molecule has 0 aromatic heterocycles. The summed E-state index contributed by atoms with van der Waals surface area (Å²) in [6.45, 7) is 37.3. The molecular weight excluding hydrogens is 1580 g/mol. The molecule has 664 valence electrons. The Kier molecular flexibility index (Phi) is 33.5. The molecule has 45 heteroatoms. The van der Waals surface area contributed by atoms with Gasteiger partial charge in [0, 0.05) is 77.5 Å². The summed E-state index contributed by atoms with van der Waals surface area (Å²) in [6, 6.07) is -0.711. The van der Waals surface area contributed by atoms with Crippen LogP contribution in [0, 0.1) is 65.2 Å². The second-order valence-electron chi connectivity index (χ2n) is 32.5. The van der Waals surface area contributed by atoms with Crippen LogP contribution in [0.3, 0.4) is 0 Å². The summed E-state index contributed by atoms with van der Waals surface area (Å²) >= 11 is 4.09. The topological polar surface area (TPSA) is 634 Å². The molecule has 14 saturated heterocycles. The van der Waals surface area contributed by atoms with Crippen molar-refractivity contribution in [2.45, 2.75) is 273 Å². The number of nitrogens with two attached hydrogens (primary N) is 2. The number of aliphatic hydroxyl groups excluding tert-OH is 6. The van der Waals surface area contributed by atoms with Crippen LogP contribution in [-0.2, 0) is 114 Å². The van der Waals surface area contributed by atoms with E-state index in [1.54, 1.807) is 0 Å². The molecule has 44 nitrogen and oxygen atoms in total. The van der Waals surface area contributed by atoms with Crippen molar-refractivity contribution in [3.8, 4) is 6.07 Å². The maximum Gasteiger partial charge on any atom is 0.373 e. The van der Waals surface area contributed by atoms with Crippen molar-refractivity contribution in [3.05, 3.63) is 21.9 Å². The highest BCUT2D eigenvalue weighted by molar-refractivity contribution is 7.80. The number of amides is 8. The number of hydrogen-bond acceptors (Lipinski definition) is 34. The molecule has 0 saturated carbocycles. The molecule has 14 heterocycles. The largest absolute Gasteiger partial charge is 0.388 e. The number of nitrogens with zero attached hydrogens (tertiary/aromatic N) is 5. The van der Waals surface area contributed by atoms with Crippen molar-refractivity contribution in [2.24, 2.45) is 63.9 Å². The zero-order valence-electron chi connectivity index (χ0n) is 68.8. The van der Waals surface area contributed by atoms with E-state index in [9.17, 15) is 74.3 Å². The van der Waals surface area contributed by atoms with Gasteiger partial charge in [-0.2, -0.15) is 27.5 Å². The summed E-state index contributed by atoms with van der Waals surface area (Å²) in [5.41, 5.74) is 13.4. The molecule has 0 unspecified atom stereocenters. The van der Waals surface area contributed by atoms with E-state index < -0.39 is 132 Å². The van der Waals surface area contributed by atoms with Gasteiger partial charge in [0.15, 0.2) is 60.8 Å². The summed E-state index contributed by atoms with van der Waals surface area (Å²) in [4.78, 5) is 111. The van der Waals surface area contributed by atoms with Crippen LogP contribution in [0.2, 0.25) is 0 Å². The number of nitrogens with one attached hydrogen (secondary N) is 7. The Morgan fingerprint density at radius 1 is 0.466 bits per heavy atom. The number of rotatable bonds is 13. The number of primary amides is 1. The first-order chi connectivity index (χ1) is 55.2. The first-order valence-electron chi connectivity index (χ1n) is 38.6. The third-order valence-corrected chi connectivity index (χ3v) is 25.4. The molecule has 8 amide bonds. The molecule has 0 aliphatic carbocycles. The number of nitriles is 1. The van der Waals surface area contributed by atoms with Crippen LogP contribution in [0.25, 0.3) is 15.3 Å². The van der Waals surface area contributed by atoms with Crippen LogP contribution in [0.5, 0.6) is 0 Å². The smallest absolute Gasteiger partial charge is 0.373 e. The molecule has 0 spiro atoms. The van der Waals surface area contributed by atoms with Crippen molar-refractivity contribution in [1.82, 2.24) is 37.2 Å². The van der Waals surface area contributed by atoms with Crippen molar-refractivity contribution >= 4 is 66.0 Å². The molecule has 14 fully saturated rings. The molecule has 14 rings (SSSR count). The Morgan fingerprint density at radius 3 is 1.19 bits per heavy atom. The fourth-order valence-corrected chi connectivity index (χ4v) is 17.3. The van der Waals surface area contributed by atoms with E-state index in [4.69, 9.17) is 99.5 Å². The van der Waals surface area contributed by atoms with Gasteiger partial charge in [-0.15, -0.1) is 0 Å². The minimum absolute atomic E-state index is 0.00893. The second-order valence-corrected chi connectivity index (χ2v) is 32.9. The molecular formula is C73H116N14O30S. The van der Waals surface area contributed by atoms with Crippen molar-refractivity contribution in [1.29, 1.82) is 5.26 Å². The Morgan fingerprint density at radius 2 is 0.780 bits per heavy atom. The van der Waals surface area contributed by atoms with Gasteiger partial charge in [-0.05, 0) is 48.0 Å². The molecule has 0 radical (unpaired) electrons. The zero-order valence-corrected chi connectivity index (χ0v) is 69.7. The molecule has 35 atom stereocenters. The zero-order chi connectivity index (χ0) is 88.4. The van der Waals surface area contributed by atoms with E-state index in [-0.39, 0.29) is 171 Å². The van der Waals surface area contributed by atoms with Crippen LogP contribution in [0.1, 0.15) is 111 Å². The lowest BCUT2D eigenvalue weighted by atomic mass is 9.75. The summed E-state index contributed by atoms with van der Waals surface area (Å²) in [5, 5.41) is 91.1. The van der Waals surface area contributed by atoms with Gasteiger partial charge in [0.05, 0.1) is 82.6 Å². The standard InChI is InChI=1S/C12H18N2O3.C11H18N2O4.C11H16N2O3.C11H19NO3.C9H14N4O5.C9H16N2O5.C9H15NO5S.CO2/c1-7-8(2)12(5-13-4)6-16-11(17-12)10(7)14-9(3)15;1-5-6(2)11(10(12)15)4-16-9(17-11)8(5)13-7(3)14;1-6-7(2)11(4-12)5-15-10(16-11)9(6)13-8(3)14;1-6-7(2)11(4)5-14-10(15-11)9(6)12-8(3)13;1-4(14)12-5-6(15)7(16)9(2-11-13-10)3-17-8(5)18-9;1-4(12)11-5-6(13)7(14)9(2-10)3-15-8(5)16-9;1-4(11)10-5-6(12)7(13)9(3-16)2-14-8(5)15-9;2-1-3/h7-8,10-11H,5-6H2,1-3H3,(H,14,15);5-6,8-9H,4H2,1-3H3,(H2,12,15)(H,13,14);6-7,9-10H,5H2,1-3H3,(H,13,14);6-7,9-10H,5H2,1-4H3,(H,12,13);5-8,15-16H,2-3H2,1H3,(H,12,14);5-8,13-14H,2-3,10H2,1H3,(H,11,12);5-8,12-13,16H,2-3H2,1H3,(H,10,11);/t7-,8+,10+,11-,12-;5-,6+,8+,9-,11-;2*6-,7+,9+,10-,11-;2*5-,6-,7-,8+,9+;5-,6-,7-,8+,9-;/m0000111./s1. The molecule has 14 bridgehead atoms. The van der Waals surface area contributed by atoms with Gasteiger partial charge < -0.3 is 150 Å². The van der Waals surface area contributed by atoms with E-state index in [0.29, 0.717) is 31.6 Å². The molecule has 14 aliphatic heterocycles. The monoisotopic (exact) mass is 1700 g/mol. The lowest BCUT2D eigenvalue weighted by molar-refractivity contribution is -0.221. The fourth-order valence-electron chi connectivity index (χ4n) is 16.9. The highest BCUT2D eigenvalue weighted by Crippen LogP contribution is 2.48. The van der Waals surface area contributed by atoms with E-state index in [1.165, 1.54) is 48.5 Å². The Labute approximate surface area is 687 Å². The van der Waals surface area contributed by atoms with Crippen LogP contribution >= 0.6 is 12.6 Å². The van der Waals surface area contributed by atoms with Gasteiger partial charge in [0.25, 0.3) is 5.91 Å². The predicted octanol–water partition coefficient (Wildman–Crippen LogP) is -4.87. The van der Waals surface area contributed by atoms with Crippen molar-refractivity contribution in [3.63, 3.8) is 0 Å². The minimum atomic E-state index is -1.31. The lowest BCUT2D eigenvalue weighted by Crippen LogP contribution is -2.67. The average Bonchev–Trinajstić information content (AvgIpc) is 1.58. The van der Waals surface area contributed by atoms with Crippen LogP contribution in [-0.4, -0.2) is 318 Å². The molecule has 0 aromatic carbocycles. The molecule has 0 aromatic rings. The Hall–Kier alpha value is -7.06. The number of ether oxygens (including phenoxy) is 14. The Balaban J connectivity index is 0.000000189. The number of azide groups is 1. The number of carbonyl (C=O) groups is 8. The maximum absolute atomic E-state index is 11.5. The summed E-state index contributed by atoms with van der Waals surface area (Å²) in [5.74, 6) is -0.268. The van der Waals surface area contributed by atoms with Gasteiger partial charge in [-0.3, -0.25) is 38.4 Å². The van der Waals surface area contributed by atoms with E-state index in [2.05, 4.69) is 105 Å². The summed E-state index contributed by atoms with van der Waals surface area (Å²) in [6.07, 6.45) is -11.0. The van der Waals surface area contributed by atoms with Crippen LogP contribution in [0.15, 0.2) is 5.11 Å². The normalized spacial score (nSPS) is 44.4. The summed E-state index contributed by atoms with van der Waals surface area (Å²) in [7, 11) is 0. The van der Waals surface area contributed by atoms with Gasteiger partial charge in [0.1, 0.15) is 77.6 Å². The minimum Gasteiger partial charge on any atom is -0.388 e. The highest BCUT2D eigenvalue weighted by Gasteiger charge is 2.65. The first kappa shape index (κ1) is 98.1. The molecule has 14 aliphatic rings. The quantitative estimate of drug-likeness (QED) is 0.0270. The first-order valence-corrected chi connectivity index (χ1v) is 39.3. The number of fused-ring (bicyclic) bond motifs is 14. The fraction of sp³-hybridized carbons (Fsp3) is 0.849. The van der Waals surface area contributed by atoms with Gasteiger partial charge in [-0.25, -0.2) is 6.57 Å². The Bertz CT molecular complexity index is 3670. The summed E-state index contributed by atoms with van der Waals surface area (Å²) < 4.78 is 77.4. The van der Waals surface area contributed by atoms with Gasteiger partial charge in [0.2, 0.25) is 47.9 Å². The van der Waals surface area contributed by atoms with Crippen LogP contribution in [0.4, 0.5) is 0 Å². The van der Waals surface area contributed by atoms with E-state index >= 15 is 0 Å². The van der Waals surface area contributed by atoms with Crippen LogP contribution < -0.4 is 48.7 Å². The molecule has 118 heavy (non-hydrogen) atoms. The third-order valence-electron chi connectivity index (χ3n) is 24.9. The number of hydrogen-bond donors (Lipinski definition) is 16. The number of carbonyl (C=O) groups excluding carboxylic acids is 10. The maximum atomic E-state index is 11.5. The third kappa shape index (κ3) is 20.6. The SMILES string of the molecule is CC(=O)N[C@H]1[C@H]2OC[C@](C#N)(O2)[C@H](C)[C@@H]1C.CC(=O)N[C@H]1[C@H]2OC[C@](C(N)=O)(O2)[C@H](C)[C@@H]1C.CC(=O)N[C@H]1[C@H]2OC[C@](C)(O2)[C@H](C)[C@@H]1C.CC(=O)N[C@H]1[C@H]2OC[C@](CN)(O2)[C@H](O)[C@@H]1O.CC(=O)N[C@H]1[C@H]2OC[C@](CN=[N+]=[N-])(O2)[C@H](O)[C@@H]1O.CC(=O)N[C@H]1[C@H]2OC[C@](CS)(O2)[C@H](O)[C@@H]1O.O=C=O.[C-]#[N+]C[C@@]12CO[C@@H](O1)[C@H](NC(C)=O)[C@@H](C)[C@H]2C. The molecule has 17 N–H and O–H groups in total. The lowest BCUT2D eigenvalue weighted by Gasteiger charge is -2.43. The highest BCUT2D eigenvalue weighted by atomic mass is 32.1. The number of aliphatic hydroxyl groups is 6. The number of thiol groups is 1. The van der Waals surface area contributed by atoms with Gasteiger partial charge >= 0.3 is 6.15 Å².